The lowest BCUT2D eigenvalue weighted by atomic mass is 10.0. The molecule has 27 heavy (non-hydrogen) atoms. The fourth-order valence-electron chi connectivity index (χ4n) is 3.19. The highest BCUT2D eigenvalue weighted by atomic mass is 35.5. The van der Waals surface area contributed by atoms with Crippen molar-refractivity contribution >= 4 is 54.6 Å². The summed E-state index contributed by atoms with van der Waals surface area (Å²) in [6.07, 6.45) is 6.81. The van der Waals surface area contributed by atoms with E-state index >= 15 is 0 Å². The highest BCUT2D eigenvalue weighted by Crippen LogP contribution is 2.27. The molecule has 6 nitrogen and oxygen atoms in total. The number of aromatic nitrogens is 1. The summed E-state index contributed by atoms with van der Waals surface area (Å²) >= 11 is 0. The number of carbonyl (C=O) groups is 1. The van der Waals surface area contributed by atoms with Gasteiger partial charge in [0.1, 0.15) is 5.82 Å². The molecule has 2 N–H and O–H groups in total. The van der Waals surface area contributed by atoms with Crippen molar-refractivity contribution in [3.63, 3.8) is 0 Å². The smallest absolute Gasteiger partial charge is 0.239 e. The van der Waals surface area contributed by atoms with Crippen LogP contribution >= 0.6 is 37.2 Å². The molecule has 1 amide bonds. The number of carbonyl (C=O) groups excluding carboxylic acids is 1. The van der Waals surface area contributed by atoms with Crippen LogP contribution in [-0.4, -0.2) is 62.1 Å². The van der Waals surface area contributed by atoms with Crippen LogP contribution in [0.15, 0.2) is 18.3 Å². The van der Waals surface area contributed by atoms with Crippen molar-refractivity contribution in [2.45, 2.75) is 31.7 Å². The zero-order valence-electron chi connectivity index (χ0n) is 16.0. The van der Waals surface area contributed by atoms with Crippen LogP contribution in [0.4, 0.5) is 11.5 Å². The molecule has 0 atom stereocenters. The molecule has 1 aliphatic carbocycles. The van der Waals surface area contributed by atoms with E-state index in [-0.39, 0.29) is 43.1 Å². The molecule has 2 heterocycles. The Morgan fingerprint density at radius 3 is 2.33 bits per heavy atom. The zero-order chi connectivity index (χ0) is 16.9. The Balaban J connectivity index is 0.00000225. The Kier molecular flexibility index (Phi) is 12.3. The fourth-order valence-corrected chi connectivity index (χ4v) is 3.19. The summed E-state index contributed by atoms with van der Waals surface area (Å²) in [5.74, 6) is 1.38. The lowest BCUT2D eigenvalue weighted by Gasteiger charge is -2.36. The number of hydrogen-bond donors (Lipinski definition) is 2. The van der Waals surface area contributed by atoms with E-state index in [4.69, 9.17) is 0 Å². The molecule has 0 radical (unpaired) electrons. The van der Waals surface area contributed by atoms with Gasteiger partial charge in [0.2, 0.25) is 5.91 Å². The van der Waals surface area contributed by atoms with Crippen LogP contribution in [0.3, 0.4) is 0 Å². The first-order valence-electron chi connectivity index (χ1n) is 9.00. The molecular weight excluding hydrogens is 409 g/mol. The molecular formula is C18H32Cl3N5O. The maximum absolute atomic E-state index is 11.9. The fraction of sp³-hybridized carbons (Fsp3) is 0.667. The third-order valence-electron chi connectivity index (χ3n) is 4.99. The predicted molar refractivity (Wildman–Crippen MR) is 119 cm³/mol. The number of hydrogen-bond acceptors (Lipinski definition) is 5. The quantitative estimate of drug-likeness (QED) is 0.683. The van der Waals surface area contributed by atoms with Crippen molar-refractivity contribution < 1.29 is 4.79 Å². The number of nitrogens with one attached hydrogen (secondary N) is 2. The van der Waals surface area contributed by atoms with Crippen LogP contribution in [0.1, 0.15) is 25.7 Å². The van der Waals surface area contributed by atoms with Gasteiger partial charge in [0.15, 0.2) is 0 Å². The summed E-state index contributed by atoms with van der Waals surface area (Å²) in [7, 11) is 4.30. The Morgan fingerprint density at radius 2 is 1.81 bits per heavy atom. The molecule has 1 aliphatic heterocycles. The molecule has 1 aromatic heterocycles. The van der Waals surface area contributed by atoms with Crippen molar-refractivity contribution in [2.24, 2.45) is 5.92 Å². The summed E-state index contributed by atoms with van der Waals surface area (Å²) in [6.45, 7) is 3.42. The molecule has 9 heteroatoms. The van der Waals surface area contributed by atoms with Gasteiger partial charge in [0.05, 0.1) is 18.4 Å². The van der Waals surface area contributed by atoms with E-state index in [0.717, 1.165) is 31.2 Å². The summed E-state index contributed by atoms with van der Waals surface area (Å²) in [4.78, 5) is 20.9. The van der Waals surface area contributed by atoms with Gasteiger partial charge in [0.25, 0.3) is 0 Å². The van der Waals surface area contributed by atoms with E-state index < -0.39 is 0 Å². The van der Waals surface area contributed by atoms with Crippen LogP contribution in [0.5, 0.6) is 0 Å². The maximum atomic E-state index is 11.9. The van der Waals surface area contributed by atoms with E-state index in [9.17, 15) is 4.79 Å². The molecule has 1 saturated heterocycles. The van der Waals surface area contributed by atoms with Crippen molar-refractivity contribution in [1.29, 1.82) is 0 Å². The second kappa shape index (κ2) is 12.6. The summed E-state index contributed by atoms with van der Waals surface area (Å²) in [6, 6.07) is 4.62. The van der Waals surface area contributed by atoms with Crippen LogP contribution in [0.25, 0.3) is 0 Å². The van der Waals surface area contributed by atoms with Crippen molar-refractivity contribution in [2.75, 3.05) is 50.5 Å². The third-order valence-corrected chi connectivity index (χ3v) is 4.99. The van der Waals surface area contributed by atoms with Crippen molar-refractivity contribution in [3.8, 4) is 0 Å². The largest absolute Gasteiger partial charge is 0.370 e. The van der Waals surface area contributed by atoms with Gasteiger partial charge in [-0.1, -0.05) is 0 Å². The van der Waals surface area contributed by atoms with Gasteiger partial charge >= 0.3 is 0 Å². The Hall–Kier alpha value is -0.790. The van der Waals surface area contributed by atoms with Crippen LogP contribution < -0.4 is 15.5 Å². The minimum Gasteiger partial charge on any atom is -0.370 e. The molecule has 0 spiro atoms. The third kappa shape index (κ3) is 8.40. The molecule has 1 saturated carbocycles. The van der Waals surface area contributed by atoms with Gasteiger partial charge in [-0.05, 0) is 64.4 Å². The van der Waals surface area contributed by atoms with E-state index in [1.807, 2.05) is 12.3 Å². The topological polar surface area (TPSA) is 60.5 Å². The maximum Gasteiger partial charge on any atom is 0.239 e. The summed E-state index contributed by atoms with van der Waals surface area (Å²) in [5, 5.41) is 6.04. The number of amides is 1. The number of piperidine rings is 1. The lowest BCUT2D eigenvalue weighted by molar-refractivity contribution is -0.115. The van der Waals surface area contributed by atoms with Gasteiger partial charge in [-0.25, -0.2) is 4.98 Å². The normalized spacial score (nSPS) is 16.8. The summed E-state index contributed by atoms with van der Waals surface area (Å²) < 4.78 is 0. The summed E-state index contributed by atoms with van der Waals surface area (Å²) in [5.41, 5.74) is 1.14. The number of pyridine rings is 1. The van der Waals surface area contributed by atoms with E-state index in [0.29, 0.717) is 18.4 Å². The van der Waals surface area contributed by atoms with Gasteiger partial charge in [-0.2, -0.15) is 0 Å². The Bertz CT molecular complexity index is 546. The number of halogens is 3. The Labute approximate surface area is 181 Å². The van der Waals surface area contributed by atoms with Crippen molar-refractivity contribution in [1.82, 2.24) is 15.2 Å². The van der Waals surface area contributed by atoms with Gasteiger partial charge in [0, 0.05) is 19.1 Å². The Morgan fingerprint density at radius 1 is 1.15 bits per heavy atom. The first-order chi connectivity index (χ1) is 11.6. The van der Waals surface area contributed by atoms with Gasteiger partial charge < -0.3 is 20.4 Å². The first-order valence-corrected chi connectivity index (χ1v) is 9.00. The molecule has 0 unspecified atom stereocenters. The first kappa shape index (κ1) is 26.2. The van der Waals surface area contributed by atoms with Gasteiger partial charge in [-0.3, -0.25) is 4.79 Å². The average molecular weight is 441 g/mol. The molecule has 0 bridgehead atoms. The highest BCUT2D eigenvalue weighted by Gasteiger charge is 2.21. The minimum atomic E-state index is -0.0253. The van der Waals surface area contributed by atoms with E-state index in [2.05, 4.69) is 45.6 Å². The van der Waals surface area contributed by atoms with Gasteiger partial charge in [-0.15, -0.1) is 37.2 Å². The highest BCUT2D eigenvalue weighted by molar-refractivity contribution is 5.91. The van der Waals surface area contributed by atoms with E-state index in [1.54, 1.807) is 0 Å². The number of anilines is 2. The van der Waals surface area contributed by atoms with Crippen molar-refractivity contribution in [3.05, 3.63) is 18.3 Å². The van der Waals surface area contributed by atoms with Crippen LogP contribution in [-0.2, 0) is 4.79 Å². The molecule has 2 fully saturated rings. The molecule has 0 aromatic carbocycles. The molecule has 1 aromatic rings. The standard InChI is InChI=1S/C18H29N5O.3ClH/c1-22(2)15-7-9-23(10-8-15)16-5-6-17(20-12-16)21-18(24)13-19-11-14-3-4-14;;;/h5-6,12,14-15,19H,3-4,7-11,13H2,1-2H3,(H,20,21,24);3*1H. The van der Waals surface area contributed by atoms with Crippen LogP contribution in [0.2, 0.25) is 0 Å². The monoisotopic (exact) mass is 439 g/mol. The second-order valence-electron chi connectivity index (χ2n) is 7.21. The SMILES string of the molecule is CN(C)C1CCN(c2ccc(NC(=O)CNCC3CC3)nc2)CC1.Cl.Cl.Cl. The second-order valence-corrected chi connectivity index (χ2v) is 7.21. The van der Waals surface area contributed by atoms with E-state index in [1.165, 1.54) is 25.7 Å². The predicted octanol–water partition coefficient (Wildman–Crippen LogP) is 2.82. The zero-order valence-corrected chi connectivity index (χ0v) is 18.5. The number of rotatable bonds is 7. The number of nitrogens with zero attached hydrogens (tertiary/aromatic N) is 3. The molecule has 2 aliphatic rings. The molecule has 156 valence electrons. The minimum absolute atomic E-state index is 0. The average Bonchev–Trinajstić information content (AvgIpc) is 3.40. The van der Waals surface area contributed by atoms with Crippen LogP contribution in [0, 0.1) is 5.92 Å². The lowest BCUT2D eigenvalue weighted by Crippen LogP contribution is -2.42. The molecule has 3 rings (SSSR count).